The lowest BCUT2D eigenvalue weighted by atomic mass is 10.2. The van der Waals surface area contributed by atoms with E-state index in [9.17, 15) is 0 Å². The average molecular weight is 249 g/mol. The van der Waals surface area contributed by atoms with Gasteiger partial charge in [0.1, 0.15) is 11.6 Å². The van der Waals surface area contributed by atoms with Crippen LogP contribution in [0, 0.1) is 0 Å². The first-order valence-corrected chi connectivity index (χ1v) is 6.82. The molecular formula is C14H23N3O. The molecule has 2 heterocycles. The maximum Gasteiger partial charge on any atom is 0.137 e. The largest absolute Gasteiger partial charge is 0.495 e. The summed E-state index contributed by atoms with van der Waals surface area (Å²) in [5, 5.41) is 3.54. The standard InChI is InChI=1S/C14H23N3O/c1-3-9-17(11-12-5-4-8-15-12)14-7-6-13(18-2)10-16-14/h6-7,10,12,15H,3-5,8-9,11H2,1-2H3. The fraction of sp³-hybridized carbons (Fsp3) is 0.643. The number of hydrogen-bond donors (Lipinski definition) is 1. The van der Waals surface area contributed by atoms with E-state index in [0.29, 0.717) is 6.04 Å². The Morgan fingerprint density at radius 2 is 2.39 bits per heavy atom. The average Bonchev–Trinajstić information content (AvgIpc) is 2.91. The number of aromatic nitrogens is 1. The van der Waals surface area contributed by atoms with E-state index >= 15 is 0 Å². The molecule has 0 aromatic carbocycles. The molecule has 0 bridgehead atoms. The minimum absolute atomic E-state index is 0.612. The van der Waals surface area contributed by atoms with E-state index in [1.807, 2.05) is 12.1 Å². The van der Waals surface area contributed by atoms with Crippen LogP contribution in [0.4, 0.5) is 5.82 Å². The third-order valence-electron chi connectivity index (χ3n) is 3.38. The zero-order chi connectivity index (χ0) is 12.8. The van der Waals surface area contributed by atoms with Gasteiger partial charge < -0.3 is 15.0 Å². The third kappa shape index (κ3) is 3.35. The Hall–Kier alpha value is -1.29. The first-order valence-electron chi connectivity index (χ1n) is 6.82. The van der Waals surface area contributed by atoms with Crippen molar-refractivity contribution in [1.29, 1.82) is 0 Å². The van der Waals surface area contributed by atoms with Gasteiger partial charge in [0.15, 0.2) is 0 Å². The molecule has 0 amide bonds. The molecule has 2 rings (SSSR count). The molecule has 1 N–H and O–H groups in total. The zero-order valence-electron chi connectivity index (χ0n) is 11.4. The Bertz CT molecular complexity index is 347. The van der Waals surface area contributed by atoms with E-state index in [1.165, 1.54) is 12.8 Å². The fourth-order valence-electron chi connectivity index (χ4n) is 2.43. The molecule has 1 saturated heterocycles. The molecule has 1 unspecified atom stereocenters. The number of ether oxygens (including phenoxy) is 1. The van der Waals surface area contributed by atoms with Crippen molar-refractivity contribution in [1.82, 2.24) is 10.3 Å². The molecule has 1 atom stereocenters. The van der Waals surface area contributed by atoms with Crippen molar-refractivity contribution in [3.05, 3.63) is 18.3 Å². The fourth-order valence-corrected chi connectivity index (χ4v) is 2.43. The Kier molecular flexibility index (Phi) is 4.81. The SMILES string of the molecule is CCCN(CC1CCCN1)c1ccc(OC)cn1. The van der Waals surface area contributed by atoms with E-state index in [1.54, 1.807) is 13.3 Å². The minimum Gasteiger partial charge on any atom is -0.495 e. The van der Waals surface area contributed by atoms with Gasteiger partial charge in [-0.3, -0.25) is 0 Å². The molecule has 100 valence electrons. The molecule has 1 aliphatic rings. The Morgan fingerprint density at radius 3 is 2.94 bits per heavy atom. The zero-order valence-corrected chi connectivity index (χ0v) is 11.4. The molecule has 18 heavy (non-hydrogen) atoms. The van der Waals surface area contributed by atoms with Crippen LogP contribution in [0.2, 0.25) is 0 Å². The summed E-state index contributed by atoms with van der Waals surface area (Å²) in [7, 11) is 1.67. The van der Waals surface area contributed by atoms with Gasteiger partial charge in [0.05, 0.1) is 13.3 Å². The second-order valence-corrected chi connectivity index (χ2v) is 4.80. The van der Waals surface area contributed by atoms with E-state index in [4.69, 9.17) is 4.74 Å². The summed E-state index contributed by atoms with van der Waals surface area (Å²) in [6.45, 7) is 5.46. The topological polar surface area (TPSA) is 37.4 Å². The van der Waals surface area contributed by atoms with Gasteiger partial charge in [-0.05, 0) is 37.9 Å². The molecule has 1 fully saturated rings. The van der Waals surface area contributed by atoms with Crippen LogP contribution in [0.25, 0.3) is 0 Å². The lowest BCUT2D eigenvalue weighted by Gasteiger charge is -2.26. The van der Waals surface area contributed by atoms with Crippen molar-refractivity contribution in [3.63, 3.8) is 0 Å². The molecule has 1 aromatic rings. The molecule has 0 radical (unpaired) electrons. The summed E-state index contributed by atoms with van der Waals surface area (Å²) >= 11 is 0. The first kappa shape index (κ1) is 13.1. The van der Waals surface area contributed by atoms with Gasteiger partial charge in [-0.1, -0.05) is 6.92 Å². The summed E-state index contributed by atoms with van der Waals surface area (Å²) < 4.78 is 5.15. The van der Waals surface area contributed by atoms with Gasteiger partial charge >= 0.3 is 0 Å². The van der Waals surface area contributed by atoms with Gasteiger partial charge in [-0.25, -0.2) is 4.98 Å². The van der Waals surface area contributed by atoms with Crippen molar-refractivity contribution in [2.24, 2.45) is 0 Å². The number of hydrogen-bond acceptors (Lipinski definition) is 4. The lowest BCUT2D eigenvalue weighted by Crippen LogP contribution is -2.38. The predicted molar refractivity (Wildman–Crippen MR) is 74.3 cm³/mol. The molecule has 0 spiro atoms. The van der Waals surface area contributed by atoms with Crippen LogP contribution in [-0.4, -0.2) is 37.8 Å². The summed E-state index contributed by atoms with van der Waals surface area (Å²) in [6, 6.07) is 4.64. The summed E-state index contributed by atoms with van der Waals surface area (Å²) in [6.07, 6.45) is 5.50. The molecule has 1 aromatic heterocycles. The van der Waals surface area contributed by atoms with Gasteiger partial charge in [-0.2, -0.15) is 0 Å². The van der Waals surface area contributed by atoms with Crippen LogP contribution in [-0.2, 0) is 0 Å². The highest BCUT2D eigenvalue weighted by Gasteiger charge is 2.18. The molecule has 0 saturated carbocycles. The monoisotopic (exact) mass is 249 g/mol. The molecule has 4 heteroatoms. The number of rotatable bonds is 6. The Morgan fingerprint density at radius 1 is 1.50 bits per heavy atom. The number of nitrogens with zero attached hydrogens (tertiary/aromatic N) is 2. The first-order chi connectivity index (χ1) is 8.83. The van der Waals surface area contributed by atoms with Crippen molar-refractivity contribution in [3.8, 4) is 5.75 Å². The van der Waals surface area contributed by atoms with Crippen molar-refractivity contribution in [2.75, 3.05) is 31.6 Å². The van der Waals surface area contributed by atoms with Gasteiger partial charge in [0.25, 0.3) is 0 Å². The lowest BCUT2D eigenvalue weighted by molar-refractivity contribution is 0.413. The maximum atomic E-state index is 5.15. The van der Waals surface area contributed by atoms with Crippen LogP contribution in [0.1, 0.15) is 26.2 Å². The van der Waals surface area contributed by atoms with E-state index in [2.05, 4.69) is 22.1 Å². The summed E-state index contributed by atoms with van der Waals surface area (Å²) in [5.74, 6) is 1.86. The highest BCUT2D eigenvalue weighted by Crippen LogP contribution is 2.17. The third-order valence-corrected chi connectivity index (χ3v) is 3.38. The summed E-state index contributed by atoms with van der Waals surface area (Å²) in [5.41, 5.74) is 0. The van der Waals surface area contributed by atoms with Crippen molar-refractivity contribution < 1.29 is 4.74 Å². The Balaban J connectivity index is 2.02. The second-order valence-electron chi connectivity index (χ2n) is 4.80. The van der Waals surface area contributed by atoms with E-state index in [-0.39, 0.29) is 0 Å². The van der Waals surface area contributed by atoms with E-state index < -0.39 is 0 Å². The highest BCUT2D eigenvalue weighted by molar-refractivity contribution is 5.41. The van der Waals surface area contributed by atoms with Gasteiger partial charge in [-0.15, -0.1) is 0 Å². The Labute approximate surface area is 109 Å². The molecular weight excluding hydrogens is 226 g/mol. The van der Waals surface area contributed by atoms with Crippen LogP contribution in [0.3, 0.4) is 0 Å². The molecule has 0 aliphatic carbocycles. The number of anilines is 1. The van der Waals surface area contributed by atoms with Crippen LogP contribution >= 0.6 is 0 Å². The van der Waals surface area contributed by atoms with Crippen LogP contribution in [0.15, 0.2) is 18.3 Å². The second kappa shape index (κ2) is 6.59. The van der Waals surface area contributed by atoms with Gasteiger partial charge in [0, 0.05) is 19.1 Å². The molecule has 1 aliphatic heterocycles. The maximum absolute atomic E-state index is 5.15. The predicted octanol–water partition coefficient (Wildman–Crippen LogP) is 2.06. The van der Waals surface area contributed by atoms with Crippen LogP contribution < -0.4 is 15.0 Å². The minimum atomic E-state index is 0.612. The number of nitrogens with one attached hydrogen (secondary N) is 1. The van der Waals surface area contributed by atoms with Crippen molar-refractivity contribution >= 4 is 5.82 Å². The quantitative estimate of drug-likeness (QED) is 0.837. The summed E-state index contributed by atoms with van der Waals surface area (Å²) in [4.78, 5) is 6.85. The van der Waals surface area contributed by atoms with E-state index in [0.717, 1.165) is 37.6 Å². The number of methoxy groups -OCH3 is 1. The normalized spacial score (nSPS) is 18.9. The smallest absolute Gasteiger partial charge is 0.137 e. The molecule has 4 nitrogen and oxygen atoms in total. The highest BCUT2D eigenvalue weighted by atomic mass is 16.5. The van der Waals surface area contributed by atoms with Crippen LogP contribution in [0.5, 0.6) is 5.75 Å². The van der Waals surface area contributed by atoms with Crippen molar-refractivity contribution in [2.45, 2.75) is 32.2 Å². The number of pyridine rings is 1. The van der Waals surface area contributed by atoms with Gasteiger partial charge in [0.2, 0.25) is 0 Å².